The van der Waals surface area contributed by atoms with E-state index in [1.807, 2.05) is 23.1 Å². The van der Waals surface area contributed by atoms with E-state index in [-0.39, 0.29) is 5.91 Å². The Bertz CT molecular complexity index is 414. The second-order valence-electron chi connectivity index (χ2n) is 4.70. The van der Waals surface area contributed by atoms with Crippen molar-refractivity contribution in [2.75, 3.05) is 40.0 Å². The molecule has 104 valence electrons. The molecule has 0 unspecified atom stereocenters. The van der Waals surface area contributed by atoms with Crippen molar-refractivity contribution >= 4 is 5.91 Å². The normalized spacial score (nSPS) is 15.5. The fraction of sp³-hybridized carbons (Fsp3) is 0.533. The molecule has 0 saturated carbocycles. The molecule has 0 aliphatic carbocycles. The van der Waals surface area contributed by atoms with Crippen LogP contribution in [0, 0.1) is 0 Å². The fourth-order valence-electron chi connectivity index (χ4n) is 2.23. The maximum atomic E-state index is 12.3. The van der Waals surface area contributed by atoms with Crippen molar-refractivity contribution in [2.45, 2.75) is 12.8 Å². The molecule has 4 nitrogen and oxygen atoms in total. The minimum atomic E-state index is 0.108. The van der Waals surface area contributed by atoms with Gasteiger partial charge in [-0.25, -0.2) is 0 Å². The summed E-state index contributed by atoms with van der Waals surface area (Å²) in [7, 11) is 1.71. The maximum absolute atomic E-state index is 12.3. The van der Waals surface area contributed by atoms with Gasteiger partial charge in [-0.2, -0.15) is 0 Å². The van der Waals surface area contributed by atoms with Gasteiger partial charge in [0.05, 0.1) is 13.2 Å². The van der Waals surface area contributed by atoms with E-state index >= 15 is 0 Å². The van der Waals surface area contributed by atoms with Gasteiger partial charge in [0.15, 0.2) is 0 Å². The Kier molecular flexibility index (Phi) is 5.36. The molecule has 1 aliphatic rings. The molecule has 19 heavy (non-hydrogen) atoms. The average Bonchev–Trinajstić information content (AvgIpc) is 2.48. The Labute approximate surface area is 114 Å². The van der Waals surface area contributed by atoms with Crippen molar-refractivity contribution < 1.29 is 14.3 Å². The van der Waals surface area contributed by atoms with Crippen LogP contribution in [-0.2, 0) is 15.9 Å². The minimum Gasteiger partial charge on any atom is -0.385 e. The predicted octanol–water partition coefficient (Wildman–Crippen LogP) is 1.74. The molecule has 4 heteroatoms. The SMILES string of the molecule is COCCCc1cccc(C(=O)N2CCOCC2)c1. The Balaban J connectivity index is 1.98. The number of amides is 1. The van der Waals surface area contributed by atoms with Crippen molar-refractivity contribution in [3.05, 3.63) is 35.4 Å². The standard InChI is InChI=1S/C15H21NO3/c1-18-9-3-5-13-4-2-6-14(12-13)15(17)16-7-10-19-11-8-16/h2,4,6,12H,3,5,7-11H2,1H3. The van der Waals surface area contributed by atoms with E-state index in [4.69, 9.17) is 9.47 Å². The van der Waals surface area contributed by atoms with Crippen molar-refractivity contribution in [3.8, 4) is 0 Å². The lowest BCUT2D eigenvalue weighted by molar-refractivity contribution is 0.0303. The number of methoxy groups -OCH3 is 1. The third kappa shape index (κ3) is 4.04. The van der Waals surface area contributed by atoms with Gasteiger partial charge in [-0.1, -0.05) is 12.1 Å². The molecule has 1 aromatic rings. The molecule has 0 aromatic heterocycles. The van der Waals surface area contributed by atoms with Crippen LogP contribution < -0.4 is 0 Å². The highest BCUT2D eigenvalue weighted by molar-refractivity contribution is 5.94. The monoisotopic (exact) mass is 263 g/mol. The molecule has 0 spiro atoms. The molecule has 1 saturated heterocycles. The second-order valence-corrected chi connectivity index (χ2v) is 4.70. The van der Waals surface area contributed by atoms with Gasteiger partial charge in [0, 0.05) is 32.4 Å². The summed E-state index contributed by atoms with van der Waals surface area (Å²) in [5, 5.41) is 0. The highest BCUT2D eigenvalue weighted by Gasteiger charge is 2.18. The van der Waals surface area contributed by atoms with Crippen LogP contribution in [0.1, 0.15) is 22.3 Å². The first-order chi connectivity index (χ1) is 9.31. The van der Waals surface area contributed by atoms with Gasteiger partial charge < -0.3 is 14.4 Å². The van der Waals surface area contributed by atoms with Crippen LogP contribution >= 0.6 is 0 Å². The number of aryl methyl sites for hydroxylation is 1. The van der Waals surface area contributed by atoms with E-state index in [9.17, 15) is 4.79 Å². The van der Waals surface area contributed by atoms with Crippen LogP contribution in [0.3, 0.4) is 0 Å². The minimum absolute atomic E-state index is 0.108. The summed E-state index contributed by atoms with van der Waals surface area (Å²) in [6, 6.07) is 7.90. The van der Waals surface area contributed by atoms with E-state index in [1.54, 1.807) is 7.11 Å². The van der Waals surface area contributed by atoms with Crippen LogP contribution in [0.15, 0.2) is 24.3 Å². The molecular weight excluding hydrogens is 242 g/mol. The van der Waals surface area contributed by atoms with Crippen LogP contribution in [0.2, 0.25) is 0 Å². The Hall–Kier alpha value is -1.39. The molecule has 0 bridgehead atoms. The molecule has 2 rings (SSSR count). The summed E-state index contributed by atoms with van der Waals surface area (Å²) in [6.45, 7) is 3.40. The van der Waals surface area contributed by atoms with E-state index in [0.29, 0.717) is 26.3 Å². The smallest absolute Gasteiger partial charge is 0.254 e. The molecule has 1 fully saturated rings. The Morgan fingerprint density at radius 2 is 2.16 bits per heavy atom. The first-order valence-electron chi connectivity index (χ1n) is 6.76. The number of carbonyl (C=O) groups excluding carboxylic acids is 1. The summed E-state index contributed by atoms with van der Waals surface area (Å²) in [5.41, 5.74) is 1.97. The summed E-state index contributed by atoms with van der Waals surface area (Å²) in [4.78, 5) is 14.2. The lowest BCUT2D eigenvalue weighted by Gasteiger charge is -2.27. The molecule has 0 radical (unpaired) electrons. The fourth-order valence-corrected chi connectivity index (χ4v) is 2.23. The number of ether oxygens (including phenoxy) is 2. The number of nitrogens with zero attached hydrogens (tertiary/aromatic N) is 1. The van der Waals surface area contributed by atoms with Crippen molar-refractivity contribution in [1.29, 1.82) is 0 Å². The third-order valence-electron chi connectivity index (χ3n) is 3.29. The van der Waals surface area contributed by atoms with Crippen molar-refractivity contribution in [2.24, 2.45) is 0 Å². The largest absolute Gasteiger partial charge is 0.385 e. The van der Waals surface area contributed by atoms with Crippen LogP contribution in [-0.4, -0.2) is 50.8 Å². The van der Waals surface area contributed by atoms with Gasteiger partial charge in [0.2, 0.25) is 0 Å². The topological polar surface area (TPSA) is 38.8 Å². The zero-order valence-electron chi connectivity index (χ0n) is 11.4. The number of carbonyl (C=O) groups is 1. The Morgan fingerprint density at radius 3 is 2.89 bits per heavy atom. The van der Waals surface area contributed by atoms with E-state index in [0.717, 1.165) is 25.0 Å². The lowest BCUT2D eigenvalue weighted by atomic mass is 10.1. The number of hydrogen-bond acceptors (Lipinski definition) is 3. The van der Waals surface area contributed by atoms with Gasteiger partial charge in [-0.15, -0.1) is 0 Å². The van der Waals surface area contributed by atoms with Gasteiger partial charge in [0.1, 0.15) is 0 Å². The van der Waals surface area contributed by atoms with Crippen molar-refractivity contribution in [3.63, 3.8) is 0 Å². The summed E-state index contributed by atoms with van der Waals surface area (Å²) in [6.07, 6.45) is 1.92. The number of hydrogen-bond donors (Lipinski definition) is 0. The molecule has 1 aliphatic heterocycles. The first kappa shape index (κ1) is 14.0. The molecule has 1 amide bonds. The molecular formula is C15H21NO3. The average molecular weight is 263 g/mol. The zero-order chi connectivity index (χ0) is 13.5. The van der Waals surface area contributed by atoms with E-state index in [2.05, 4.69) is 6.07 Å². The zero-order valence-corrected chi connectivity index (χ0v) is 11.4. The number of rotatable bonds is 5. The second kappa shape index (κ2) is 7.26. The summed E-state index contributed by atoms with van der Waals surface area (Å²) >= 11 is 0. The predicted molar refractivity (Wildman–Crippen MR) is 73.4 cm³/mol. The van der Waals surface area contributed by atoms with E-state index < -0.39 is 0 Å². The number of benzene rings is 1. The van der Waals surface area contributed by atoms with Gasteiger partial charge in [-0.3, -0.25) is 4.79 Å². The highest BCUT2D eigenvalue weighted by Crippen LogP contribution is 2.11. The molecule has 1 aromatic carbocycles. The van der Waals surface area contributed by atoms with Gasteiger partial charge in [0.25, 0.3) is 5.91 Å². The molecule has 0 N–H and O–H groups in total. The van der Waals surface area contributed by atoms with Gasteiger partial charge in [-0.05, 0) is 30.5 Å². The van der Waals surface area contributed by atoms with Crippen LogP contribution in [0.4, 0.5) is 0 Å². The summed E-state index contributed by atoms with van der Waals surface area (Å²) in [5.74, 6) is 0.108. The van der Waals surface area contributed by atoms with E-state index in [1.165, 1.54) is 5.56 Å². The highest BCUT2D eigenvalue weighted by atomic mass is 16.5. The first-order valence-corrected chi connectivity index (χ1v) is 6.76. The maximum Gasteiger partial charge on any atom is 0.254 e. The summed E-state index contributed by atoms with van der Waals surface area (Å²) < 4.78 is 10.3. The Morgan fingerprint density at radius 1 is 1.37 bits per heavy atom. The van der Waals surface area contributed by atoms with Crippen LogP contribution in [0.5, 0.6) is 0 Å². The van der Waals surface area contributed by atoms with Crippen molar-refractivity contribution in [1.82, 2.24) is 4.90 Å². The third-order valence-corrected chi connectivity index (χ3v) is 3.29. The number of morpholine rings is 1. The van der Waals surface area contributed by atoms with Crippen LogP contribution in [0.25, 0.3) is 0 Å². The molecule has 1 heterocycles. The molecule has 0 atom stereocenters. The quantitative estimate of drug-likeness (QED) is 0.760. The lowest BCUT2D eigenvalue weighted by Crippen LogP contribution is -2.40. The van der Waals surface area contributed by atoms with Gasteiger partial charge >= 0.3 is 0 Å².